The van der Waals surface area contributed by atoms with E-state index in [1.54, 1.807) is 0 Å². The molecule has 2 aliphatic rings. The van der Waals surface area contributed by atoms with Crippen molar-refractivity contribution in [2.45, 2.75) is 12.0 Å². The number of fused-ring (bicyclic) bond motifs is 1. The molecule has 4 rings (SSSR count). The van der Waals surface area contributed by atoms with Gasteiger partial charge in [0.25, 0.3) is 0 Å². The fourth-order valence-corrected chi connectivity index (χ4v) is 4.03. The number of pyridine rings is 1. The lowest BCUT2D eigenvalue weighted by Gasteiger charge is -2.33. The Hall–Kier alpha value is -1.79. The summed E-state index contributed by atoms with van der Waals surface area (Å²) in [4.78, 5) is 11.1. The highest BCUT2D eigenvalue weighted by Crippen LogP contribution is 2.38. The van der Waals surface area contributed by atoms with E-state index in [9.17, 15) is 0 Å². The molecule has 2 aliphatic heterocycles. The van der Waals surface area contributed by atoms with Crippen LogP contribution in [0.5, 0.6) is 0 Å². The topological polar surface area (TPSA) is 40.5 Å². The molecular formula is C17H15BrN4S. The third kappa shape index (κ3) is 2.28. The second-order valence-corrected chi connectivity index (χ2v) is 6.94. The third-order valence-electron chi connectivity index (χ3n) is 4.30. The number of nitrogens with zero attached hydrogens (tertiary/aromatic N) is 3. The number of hydrogen-bond donors (Lipinski definition) is 1. The average molecular weight is 387 g/mol. The van der Waals surface area contributed by atoms with Crippen LogP contribution in [0.15, 0.2) is 58.3 Å². The zero-order chi connectivity index (χ0) is 15.9. The van der Waals surface area contributed by atoms with Crippen LogP contribution in [-0.4, -0.2) is 33.9 Å². The maximum Gasteiger partial charge on any atom is 0.175 e. The number of thiocarbonyl (C=S) groups is 1. The fourth-order valence-electron chi connectivity index (χ4n) is 3.30. The minimum atomic E-state index is -0.551. The maximum atomic E-state index is 5.61. The molecule has 1 fully saturated rings. The summed E-state index contributed by atoms with van der Waals surface area (Å²) >= 11 is 9.19. The standard InChI is InChI=1S/C17H15BrN4S/c18-14-4-1-3-13(11-14)17(12-5-8-19-9-6-12)15-20-7-2-10-22(15)16(23)21-17/h1,3-6,8-9,11H,2,7,10H2,(H,21,23). The van der Waals surface area contributed by atoms with Crippen LogP contribution in [0, 0.1) is 0 Å². The van der Waals surface area contributed by atoms with E-state index < -0.39 is 5.54 Å². The number of nitrogens with one attached hydrogen (secondary N) is 1. The molecule has 1 aromatic carbocycles. The SMILES string of the molecule is S=C1NC(c2ccncc2)(c2cccc(Br)c2)C2=NCCCN12. The molecule has 0 amide bonds. The first kappa shape index (κ1) is 14.8. The Kier molecular flexibility index (Phi) is 3.66. The number of benzene rings is 1. The maximum absolute atomic E-state index is 5.61. The molecule has 1 unspecified atom stereocenters. The summed E-state index contributed by atoms with van der Waals surface area (Å²) in [6, 6.07) is 12.4. The van der Waals surface area contributed by atoms with Gasteiger partial charge >= 0.3 is 0 Å². The van der Waals surface area contributed by atoms with Crippen molar-refractivity contribution in [3.05, 3.63) is 64.4 Å². The Balaban J connectivity index is 1.99. The van der Waals surface area contributed by atoms with Crippen LogP contribution in [-0.2, 0) is 5.54 Å². The fraction of sp³-hybridized carbons (Fsp3) is 0.235. The molecule has 0 saturated carbocycles. The van der Waals surface area contributed by atoms with Gasteiger partial charge in [0.15, 0.2) is 5.11 Å². The predicted molar refractivity (Wildman–Crippen MR) is 98.5 cm³/mol. The van der Waals surface area contributed by atoms with E-state index in [-0.39, 0.29) is 0 Å². The molecule has 0 spiro atoms. The van der Waals surface area contributed by atoms with E-state index >= 15 is 0 Å². The number of amidine groups is 1. The molecule has 4 nitrogen and oxygen atoms in total. The van der Waals surface area contributed by atoms with Gasteiger partial charge in [-0.2, -0.15) is 0 Å². The Bertz CT molecular complexity index is 792. The van der Waals surface area contributed by atoms with Gasteiger partial charge in [-0.1, -0.05) is 28.1 Å². The van der Waals surface area contributed by atoms with Gasteiger partial charge in [0.1, 0.15) is 11.4 Å². The van der Waals surface area contributed by atoms with Crippen LogP contribution >= 0.6 is 28.1 Å². The Labute approximate surface area is 148 Å². The molecular weight excluding hydrogens is 372 g/mol. The first-order valence-corrected chi connectivity index (χ1v) is 8.73. The van der Waals surface area contributed by atoms with Crippen molar-refractivity contribution in [2.24, 2.45) is 4.99 Å². The van der Waals surface area contributed by atoms with Crippen molar-refractivity contribution in [3.63, 3.8) is 0 Å². The van der Waals surface area contributed by atoms with Gasteiger partial charge in [0.2, 0.25) is 0 Å². The van der Waals surface area contributed by atoms with E-state index in [2.05, 4.69) is 43.3 Å². The highest BCUT2D eigenvalue weighted by Gasteiger charge is 2.50. The van der Waals surface area contributed by atoms with E-state index in [0.29, 0.717) is 0 Å². The van der Waals surface area contributed by atoms with Crippen molar-refractivity contribution >= 4 is 39.1 Å². The quantitative estimate of drug-likeness (QED) is 0.805. The predicted octanol–water partition coefficient (Wildman–Crippen LogP) is 3.08. The Morgan fingerprint density at radius 3 is 2.78 bits per heavy atom. The van der Waals surface area contributed by atoms with Crippen molar-refractivity contribution in [3.8, 4) is 0 Å². The molecule has 1 saturated heterocycles. The number of hydrogen-bond acceptors (Lipinski definition) is 3. The number of halogens is 1. The monoisotopic (exact) mass is 386 g/mol. The van der Waals surface area contributed by atoms with E-state index in [0.717, 1.165) is 46.1 Å². The molecule has 6 heteroatoms. The summed E-state index contributed by atoms with van der Waals surface area (Å²) in [5.41, 5.74) is 1.66. The molecule has 0 aliphatic carbocycles. The molecule has 0 radical (unpaired) electrons. The van der Waals surface area contributed by atoms with Crippen LogP contribution < -0.4 is 5.32 Å². The van der Waals surface area contributed by atoms with Crippen LogP contribution in [0.1, 0.15) is 17.5 Å². The zero-order valence-electron chi connectivity index (χ0n) is 12.4. The molecule has 3 heterocycles. The summed E-state index contributed by atoms with van der Waals surface area (Å²) < 4.78 is 1.03. The average Bonchev–Trinajstić information content (AvgIpc) is 2.90. The van der Waals surface area contributed by atoms with Gasteiger partial charge in [0, 0.05) is 30.0 Å². The van der Waals surface area contributed by atoms with Crippen molar-refractivity contribution in [2.75, 3.05) is 13.1 Å². The molecule has 1 aromatic heterocycles. The van der Waals surface area contributed by atoms with Gasteiger partial charge in [-0.15, -0.1) is 0 Å². The Morgan fingerprint density at radius 1 is 1.17 bits per heavy atom. The summed E-state index contributed by atoms with van der Waals surface area (Å²) in [7, 11) is 0. The molecule has 1 atom stereocenters. The molecule has 2 aromatic rings. The normalized spacial score (nSPS) is 23.3. The summed E-state index contributed by atoms with van der Waals surface area (Å²) in [5.74, 6) is 0.984. The van der Waals surface area contributed by atoms with E-state index in [1.807, 2.05) is 36.7 Å². The van der Waals surface area contributed by atoms with Gasteiger partial charge in [0.05, 0.1) is 0 Å². The van der Waals surface area contributed by atoms with Crippen LogP contribution in [0.4, 0.5) is 0 Å². The minimum absolute atomic E-state index is 0.551. The van der Waals surface area contributed by atoms with Crippen LogP contribution in [0.25, 0.3) is 0 Å². The first-order chi connectivity index (χ1) is 11.2. The lowest BCUT2D eigenvalue weighted by Crippen LogP contribution is -2.46. The smallest absolute Gasteiger partial charge is 0.175 e. The minimum Gasteiger partial charge on any atom is -0.342 e. The van der Waals surface area contributed by atoms with Crippen molar-refractivity contribution in [1.29, 1.82) is 0 Å². The molecule has 0 bridgehead atoms. The van der Waals surface area contributed by atoms with E-state index in [1.165, 1.54) is 0 Å². The number of aliphatic imine (C=N–C) groups is 1. The summed E-state index contributed by atoms with van der Waals surface area (Å²) in [6.45, 7) is 1.74. The van der Waals surface area contributed by atoms with Gasteiger partial charge in [-0.05, 0) is 54.0 Å². The second-order valence-electron chi connectivity index (χ2n) is 5.64. The Morgan fingerprint density at radius 2 is 2.00 bits per heavy atom. The molecule has 23 heavy (non-hydrogen) atoms. The molecule has 1 N–H and O–H groups in total. The number of aromatic nitrogens is 1. The first-order valence-electron chi connectivity index (χ1n) is 7.53. The number of rotatable bonds is 2. The lowest BCUT2D eigenvalue weighted by molar-refractivity contribution is 0.544. The van der Waals surface area contributed by atoms with Gasteiger partial charge < -0.3 is 10.2 Å². The second kappa shape index (κ2) is 5.69. The largest absolute Gasteiger partial charge is 0.342 e. The zero-order valence-corrected chi connectivity index (χ0v) is 14.8. The van der Waals surface area contributed by atoms with E-state index in [4.69, 9.17) is 17.2 Å². The summed E-state index contributed by atoms with van der Waals surface area (Å²) in [6.07, 6.45) is 4.65. The highest BCUT2D eigenvalue weighted by molar-refractivity contribution is 9.10. The van der Waals surface area contributed by atoms with Crippen molar-refractivity contribution < 1.29 is 0 Å². The highest BCUT2D eigenvalue weighted by atomic mass is 79.9. The summed E-state index contributed by atoms with van der Waals surface area (Å²) in [5, 5.41) is 4.28. The van der Waals surface area contributed by atoms with Gasteiger partial charge in [-0.25, -0.2) is 0 Å². The molecule has 116 valence electrons. The van der Waals surface area contributed by atoms with Crippen molar-refractivity contribution in [1.82, 2.24) is 15.2 Å². The van der Waals surface area contributed by atoms with Crippen LogP contribution in [0.3, 0.4) is 0 Å². The van der Waals surface area contributed by atoms with Crippen LogP contribution in [0.2, 0.25) is 0 Å². The van der Waals surface area contributed by atoms with Gasteiger partial charge in [-0.3, -0.25) is 9.98 Å². The third-order valence-corrected chi connectivity index (χ3v) is 5.12. The lowest BCUT2D eigenvalue weighted by atomic mass is 9.82.